The maximum absolute atomic E-state index is 11.4. The Morgan fingerprint density at radius 3 is 2.46 bits per heavy atom. The van der Waals surface area contributed by atoms with E-state index >= 15 is 0 Å². The molecule has 0 bridgehead atoms. The Labute approximate surface area is 85.1 Å². The molecule has 0 rings (SSSR count). The third kappa shape index (κ3) is 5.17. The second-order valence-corrected chi connectivity index (χ2v) is 5.61. The minimum absolute atomic E-state index is 0.126. The smallest absolute Gasteiger partial charge is 0.214 e. The summed E-state index contributed by atoms with van der Waals surface area (Å²) in [7, 11) is -1.66. The van der Waals surface area contributed by atoms with Crippen molar-refractivity contribution in [3.05, 3.63) is 0 Å². The quantitative estimate of drug-likeness (QED) is 0.661. The van der Waals surface area contributed by atoms with Crippen molar-refractivity contribution in [2.24, 2.45) is 5.73 Å². The molecule has 78 valence electrons. The van der Waals surface area contributed by atoms with Crippen LogP contribution in [0.5, 0.6) is 0 Å². The van der Waals surface area contributed by atoms with Gasteiger partial charge in [-0.3, -0.25) is 0 Å². The molecule has 0 radical (unpaired) electrons. The lowest BCUT2D eigenvalue weighted by atomic mass is 10.4. The summed E-state index contributed by atoms with van der Waals surface area (Å²) < 4.78 is 24.1. The van der Waals surface area contributed by atoms with Crippen molar-refractivity contribution < 1.29 is 8.42 Å². The van der Waals surface area contributed by atoms with E-state index in [1.54, 1.807) is 0 Å². The van der Waals surface area contributed by atoms with E-state index in [2.05, 4.69) is 12.2 Å². The standard InChI is InChI=1S/C7H16N2O2S2/c1-3-4-5-13(10,11)9(2)6-7(8)12/h3-6H2,1-2H3,(H2,8,12). The third-order valence-electron chi connectivity index (χ3n) is 1.61. The van der Waals surface area contributed by atoms with Crippen LogP contribution in [-0.4, -0.2) is 37.1 Å². The van der Waals surface area contributed by atoms with E-state index in [-0.39, 0.29) is 17.3 Å². The first-order valence-electron chi connectivity index (χ1n) is 4.12. The number of likely N-dealkylation sites (N-methyl/N-ethyl adjacent to an activating group) is 1. The van der Waals surface area contributed by atoms with Gasteiger partial charge in [0.05, 0.1) is 17.3 Å². The maximum atomic E-state index is 11.4. The number of nitrogens with two attached hydrogens (primary N) is 1. The molecule has 0 aromatic carbocycles. The van der Waals surface area contributed by atoms with E-state index in [4.69, 9.17) is 5.73 Å². The molecular weight excluding hydrogens is 208 g/mol. The zero-order valence-corrected chi connectivity index (χ0v) is 9.62. The van der Waals surface area contributed by atoms with Gasteiger partial charge in [-0.05, 0) is 6.42 Å². The summed E-state index contributed by atoms with van der Waals surface area (Å²) in [4.78, 5) is 0.197. The molecule has 0 saturated heterocycles. The van der Waals surface area contributed by atoms with Crippen LogP contribution in [0, 0.1) is 0 Å². The molecule has 0 aliphatic heterocycles. The predicted octanol–water partition coefficient (Wildman–Crippen LogP) is 0.334. The Morgan fingerprint density at radius 2 is 2.08 bits per heavy atom. The topological polar surface area (TPSA) is 63.4 Å². The number of thiocarbonyl (C=S) groups is 1. The van der Waals surface area contributed by atoms with Crippen molar-refractivity contribution in [1.82, 2.24) is 4.31 Å². The van der Waals surface area contributed by atoms with Crippen LogP contribution >= 0.6 is 12.2 Å². The highest BCUT2D eigenvalue weighted by molar-refractivity contribution is 7.89. The van der Waals surface area contributed by atoms with Crippen LogP contribution in [0.4, 0.5) is 0 Å². The largest absolute Gasteiger partial charge is 0.392 e. The molecule has 13 heavy (non-hydrogen) atoms. The Hall–Kier alpha value is -0.200. The molecule has 2 N–H and O–H groups in total. The molecule has 0 aromatic rings. The highest BCUT2D eigenvalue weighted by Gasteiger charge is 2.16. The van der Waals surface area contributed by atoms with Crippen LogP contribution in [0.15, 0.2) is 0 Å². The minimum atomic E-state index is -3.15. The van der Waals surface area contributed by atoms with E-state index in [9.17, 15) is 8.42 Å². The highest BCUT2D eigenvalue weighted by atomic mass is 32.2. The Balaban J connectivity index is 4.20. The van der Waals surface area contributed by atoms with Gasteiger partial charge >= 0.3 is 0 Å². The van der Waals surface area contributed by atoms with Crippen LogP contribution in [-0.2, 0) is 10.0 Å². The Morgan fingerprint density at radius 1 is 1.54 bits per heavy atom. The van der Waals surface area contributed by atoms with Crippen LogP contribution < -0.4 is 5.73 Å². The number of hydrogen-bond acceptors (Lipinski definition) is 3. The molecule has 0 aliphatic carbocycles. The fourth-order valence-electron chi connectivity index (χ4n) is 0.800. The van der Waals surface area contributed by atoms with E-state index in [0.29, 0.717) is 6.42 Å². The Bertz CT molecular complexity index is 262. The normalized spacial score (nSPS) is 11.9. The first-order valence-corrected chi connectivity index (χ1v) is 6.14. The number of rotatable bonds is 6. The molecule has 0 atom stereocenters. The molecule has 0 heterocycles. The van der Waals surface area contributed by atoms with Crippen LogP contribution in [0.3, 0.4) is 0 Å². The summed E-state index contributed by atoms with van der Waals surface area (Å²) >= 11 is 4.62. The molecule has 0 amide bonds. The van der Waals surface area contributed by atoms with E-state index in [1.807, 2.05) is 6.92 Å². The van der Waals surface area contributed by atoms with Crippen molar-refractivity contribution >= 4 is 27.2 Å². The molecule has 6 heteroatoms. The third-order valence-corrected chi connectivity index (χ3v) is 3.62. The zero-order chi connectivity index (χ0) is 10.5. The second-order valence-electron chi connectivity index (χ2n) is 2.89. The molecule has 4 nitrogen and oxygen atoms in total. The number of sulfonamides is 1. The van der Waals surface area contributed by atoms with Gasteiger partial charge in [0.1, 0.15) is 0 Å². The van der Waals surface area contributed by atoms with Crippen molar-refractivity contribution in [3.63, 3.8) is 0 Å². The van der Waals surface area contributed by atoms with E-state index in [1.165, 1.54) is 11.4 Å². The zero-order valence-electron chi connectivity index (χ0n) is 7.99. The predicted molar refractivity (Wildman–Crippen MR) is 58.1 cm³/mol. The van der Waals surface area contributed by atoms with E-state index in [0.717, 1.165) is 6.42 Å². The lowest BCUT2D eigenvalue weighted by molar-refractivity contribution is 0.503. The summed E-state index contributed by atoms with van der Waals surface area (Å²) in [6.07, 6.45) is 1.53. The fourth-order valence-corrected chi connectivity index (χ4v) is 2.38. The summed E-state index contributed by atoms with van der Waals surface area (Å²) in [5.41, 5.74) is 5.24. The average molecular weight is 224 g/mol. The fraction of sp³-hybridized carbons (Fsp3) is 0.857. The van der Waals surface area contributed by atoms with Crippen LogP contribution in [0.25, 0.3) is 0 Å². The van der Waals surface area contributed by atoms with Crippen molar-refractivity contribution in [3.8, 4) is 0 Å². The van der Waals surface area contributed by atoms with Gasteiger partial charge in [-0.1, -0.05) is 25.6 Å². The summed E-state index contributed by atoms with van der Waals surface area (Å²) in [5.74, 6) is 0.169. The van der Waals surface area contributed by atoms with Gasteiger partial charge in [0, 0.05) is 7.05 Å². The molecule has 0 unspecified atom stereocenters. The lowest BCUT2D eigenvalue weighted by Gasteiger charge is -2.15. The van der Waals surface area contributed by atoms with Crippen LogP contribution in [0.2, 0.25) is 0 Å². The van der Waals surface area contributed by atoms with E-state index < -0.39 is 10.0 Å². The molecule has 0 spiro atoms. The first-order chi connectivity index (χ1) is 5.90. The van der Waals surface area contributed by atoms with Gasteiger partial charge in [0.25, 0.3) is 0 Å². The Kier molecular flexibility index (Phi) is 5.43. The van der Waals surface area contributed by atoms with Gasteiger partial charge in [0.15, 0.2) is 0 Å². The van der Waals surface area contributed by atoms with Crippen molar-refractivity contribution in [2.45, 2.75) is 19.8 Å². The first kappa shape index (κ1) is 12.8. The lowest BCUT2D eigenvalue weighted by Crippen LogP contribution is -2.35. The monoisotopic (exact) mass is 224 g/mol. The molecule has 0 fully saturated rings. The van der Waals surface area contributed by atoms with Gasteiger partial charge in [-0.15, -0.1) is 0 Å². The van der Waals surface area contributed by atoms with Gasteiger partial charge in [-0.2, -0.15) is 4.31 Å². The molecule has 0 aliphatic rings. The van der Waals surface area contributed by atoms with Gasteiger partial charge in [0.2, 0.25) is 10.0 Å². The summed E-state index contributed by atoms with van der Waals surface area (Å²) in [6, 6.07) is 0. The molecule has 0 saturated carbocycles. The van der Waals surface area contributed by atoms with Crippen molar-refractivity contribution in [1.29, 1.82) is 0 Å². The number of unbranched alkanes of at least 4 members (excludes halogenated alkanes) is 1. The molecule has 0 aromatic heterocycles. The number of hydrogen-bond donors (Lipinski definition) is 1. The van der Waals surface area contributed by atoms with Gasteiger partial charge < -0.3 is 5.73 Å². The SMILES string of the molecule is CCCCS(=O)(=O)N(C)CC(N)=S. The minimum Gasteiger partial charge on any atom is -0.392 e. The summed E-state index contributed by atoms with van der Waals surface area (Å²) in [5, 5.41) is 0. The summed E-state index contributed by atoms with van der Waals surface area (Å²) in [6.45, 7) is 2.07. The van der Waals surface area contributed by atoms with Gasteiger partial charge in [-0.25, -0.2) is 8.42 Å². The highest BCUT2D eigenvalue weighted by Crippen LogP contribution is 2.01. The average Bonchev–Trinajstić information content (AvgIpc) is 1.99. The van der Waals surface area contributed by atoms with Crippen LogP contribution in [0.1, 0.15) is 19.8 Å². The maximum Gasteiger partial charge on any atom is 0.214 e. The molecular formula is C7H16N2O2S2. The second kappa shape index (κ2) is 5.51. The number of nitrogens with zero attached hydrogens (tertiary/aromatic N) is 1. The van der Waals surface area contributed by atoms with Crippen molar-refractivity contribution in [2.75, 3.05) is 19.3 Å².